The molecule has 6 nitrogen and oxygen atoms in total. The number of anilines is 1. The second kappa shape index (κ2) is 6.88. The van der Waals surface area contributed by atoms with Gasteiger partial charge >= 0.3 is 6.03 Å². The molecule has 0 spiro atoms. The summed E-state index contributed by atoms with van der Waals surface area (Å²) in [6.07, 6.45) is 6.26. The largest absolute Gasteiger partial charge is 0.344 e. The Bertz CT molecular complexity index is 1150. The van der Waals surface area contributed by atoms with Gasteiger partial charge in [-0.25, -0.2) is 4.79 Å². The molecule has 2 heterocycles. The highest BCUT2D eigenvalue weighted by Gasteiger charge is 2.25. The molecule has 2 aliphatic rings. The van der Waals surface area contributed by atoms with Crippen LogP contribution in [0.3, 0.4) is 0 Å². The van der Waals surface area contributed by atoms with Crippen molar-refractivity contribution in [3.8, 4) is 0 Å². The molecule has 0 unspecified atom stereocenters. The van der Waals surface area contributed by atoms with E-state index in [1.54, 1.807) is 4.90 Å². The first-order chi connectivity index (χ1) is 14.1. The summed E-state index contributed by atoms with van der Waals surface area (Å²) in [5.74, 6) is -0.226. The van der Waals surface area contributed by atoms with Crippen molar-refractivity contribution in [2.75, 3.05) is 11.4 Å². The summed E-state index contributed by atoms with van der Waals surface area (Å²) in [5.41, 5.74) is 5.26. The van der Waals surface area contributed by atoms with E-state index in [9.17, 15) is 14.4 Å². The molecule has 0 bridgehead atoms. The Morgan fingerprint density at radius 2 is 1.90 bits per heavy atom. The highest BCUT2D eigenvalue weighted by molar-refractivity contribution is 6.06. The fourth-order valence-corrected chi connectivity index (χ4v) is 4.51. The minimum atomic E-state index is -0.362. The van der Waals surface area contributed by atoms with Gasteiger partial charge in [-0.05, 0) is 60.7 Å². The highest BCUT2D eigenvalue weighted by atomic mass is 16.2. The number of carbonyl (C=O) groups excluding carboxylic acids is 3. The molecule has 29 heavy (non-hydrogen) atoms. The van der Waals surface area contributed by atoms with Crippen LogP contribution in [0.1, 0.15) is 40.4 Å². The topological polar surface area (TPSA) is 71.4 Å². The lowest BCUT2D eigenvalue weighted by Gasteiger charge is -2.28. The van der Waals surface area contributed by atoms with Crippen molar-refractivity contribution in [1.82, 2.24) is 9.88 Å². The summed E-state index contributed by atoms with van der Waals surface area (Å²) in [5, 5.41) is 3.45. The van der Waals surface area contributed by atoms with Gasteiger partial charge in [0.05, 0.1) is 0 Å². The van der Waals surface area contributed by atoms with E-state index in [1.165, 1.54) is 11.1 Å². The van der Waals surface area contributed by atoms with E-state index in [-0.39, 0.29) is 11.9 Å². The van der Waals surface area contributed by atoms with E-state index in [4.69, 9.17) is 0 Å². The second-order valence-corrected chi connectivity index (χ2v) is 7.76. The van der Waals surface area contributed by atoms with Crippen molar-refractivity contribution in [3.05, 3.63) is 65.4 Å². The van der Waals surface area contributed by atoms with Crippen LogP contribution in [-0.2, 0) is 17.6 Å². The molecule has 3 amide bonds. The van der Waals surface area contributed by atoms with Crippen LogP contribution in [0.15, 0.2) is 48.7 Å². The first kappa shape index (κ1) is 17.7. The molecule has 0 radical (unpaired) electrons. The molecule has 3 aromatic rings. The zero-order valence-electron chi connectivity index (χ0n) is 15.9. The van der Waals surface area contributed by atoms with Crippen molar-refractivity contribution in [2.24, 2.45) is 0 Å². The lowest BCUT2D eigenvalue weighted by Crippen LogP contribution is -2.49. The number of aryl methyl sites for hydroxylation is 1. The molecular weight excluding hydrogens is 366 g/mol. The van der Waals surface area contributed by atoms with Crippen molar-refractivity contribution >= 4 is 34.8 Å². The predicted molar refractivity (Wildman–Crippen MR) is 110 cm³/mol. The van der Waals surface area contributed by atoms with E-state index >= 15 is 0 Å². The number of urea groups is 1. The Morgan fingerprint density at radius 3 is 2.72 bits per heavy atom. The molecule has 0 saturated carbocycles. The van der Waals surface area contributed by atoms with Crippen LogP contribution in [0.4, 0.5) is 10.5 Å². The fraction of sp³-hybridized carbons (Fsp3) is 0.261. The number of carbonyl (C=O) groups is 3. The minimum absolute atomic E-state index is 0.226. The number of hydrogen-bond acceptors (Lipinski definition) is 3. The third kappa shape index (κ3) is 3.10. The van der Waals surface area contributed by atoms with Crippen LogP contribution in [0.2, 0.25) is 0 Å². The van der Waals surface area contributed by atoms with Gasteiger partial charge in [0.15, 0.2) is 0 Å². The first-order valence-electron chi connectivity index (χ1n) is 9.91. The van der Waals surface area contributed by atoms with E-state index in [1.807, 2.05) is 24.3 Å². The van der Waals surface area contributed by atoms with Gasteiger partial charge in [-0.15, -0.1) is 0 Å². The maximum absolute atomic E-state index is 12.1. The Hall–Kier alpha value is -3.41. The number of benzene rings is 2. The molecule has 2 aromatic carbocycles. The van der Waals surface area contributed by atoms with Gasteiger partial charge in [0.1, 0.15) is 6.29 Å². The second-order valence-electron chi connectivity index (χ2n) is 7.76. The standard InChI is InChI=1S/C23H21N3O3/c27-14-15-1-2-17-12-19(4-3-16(17)11-15)25-9-7-18-13-20(5-6-21(18)25)26-10-8-22(28)24-23(26)29/h1-2,5-7,9,11,13-14,19H,3-4,8,10,12H2,(H,24,28,29)/t19-/m0/s1. The lowest BCUT2D eigenvalue weighted by molar-refractivity contribution is -0.120. The SMILES string of the molecule is O=Cc1ccc2c(c1)CC[C@H](n1ccc3cc(N4CCC(=O)NC4=O)ccc31)C2. The number of rotatable bonds is 3. The number of amides is 3. The molecule has 146 valence electrons. The average Bonchev–Trinajstić information content (AvgIpc) is 3.16. The van der Waals surface area contributed by atoms with Crippen LogP contribution in [0, 0.1) is 0 Å². The van der Waals surface area contributed by atoms with Crippen LogP contribution in [0.25, 0.3) is 10.9 Å². The molecule has 1 N–H and O–H groups in total. The van der Waals surface area contributed by atoms with E-state index in [0.29, 0.717) is 19.0 Å². The van der Waals surface area contributed by atoms with Crippen LogP contribution in [-0.4, -0.2) is 29.3 Å². The molecule has 1 fully saturated rings. The quantitative estimate of drug-likeness (QED) is 0.698. The fourth-order valence-electron chi connectivity index (χ4n) is 4.51. The number of hydrogen-bond donors (Lipinski definition) is 1. The Balaban J connectivity index is 1.42. The summed E-state index contributed by atoms with van der Waals surface area (Å²) < 4.78 is 2.31. The molecule has 1 atom stereocenters. The van der Waals surface area contributed by atoms with Crippen LogP contribution in [0.5, 0.6) is 0 Å². The number of imide groups is 1. The minimum Gasteiger partial charge on any atom is -0.344 e. The van der Waals surface area contributed by atoms with Gasteiger partial charge in [0.2, 0.25) is 5.91 Å². The molecule has 5 rings (SSSR count). The summed E-state index contributed by atoms with van der Waals surface area (Å²) in [4.78, 5) is 36.1. The number of aromatic nitrogens is 1. The van der Waals surface area contributed by atoms with E-state index in [0.717, 1.165) is 47.7 Å². The maximum Gasteiger partial charge on any atom is 0.328 e. The normalized spacial score (nSPS) is 19.2. The summed E-state index contributed by atoms with van der Waals surface area (Å²) in [7, 11) is 0. The Kier molecular flexibility index (Phi) is 4.19. The molecule has 1 aliphatic heterocycles. The number of fused-ring (bicyclic) bond motifs is 2. The van der Waals surface area contributed by atoms with Gasteiger partial charge in [-0.2, -0.15) is 0 Å². The molecular formula is C23H21N3O3. The van der Waals surface area contributed by atoms with Crippen molar-refractivity contribution in [1.29, 1.82) is 0 Å². The number of aldehydes is 1. The predicted octanol–water partition coefficient (Wildman–Crippen LogP) is 3.63. The first-order valence-corrected chi connectivity index (χ1v) is 9.91. The highest BCUT2D eigenvalue weighted by Crippen LogP contribution is 2.33. The zero-order chi connectivity index (χ0) is 20.0. The smallest absolute Gasteiger partial charge is 0.328 e. The van der Waals surface area contributed by atoms with Crippen molar-refractivity contribution in [2.45, 2.75) is 31.7 Å². The van der Waals surface area contributed by atoms with Gasteiger partial charge in [-0.3, -0.25) is 19.8 Å². The molecule has 6 heteroatoms. The monoisotopic (exact) mass is 387 g/mol. The Labute approximate surface area is 168 Å². The summed E-state index contributed by atoms with van der Waals surface area (Å²) >= 11 is 0. The third-order valence-electron chi connectivity index (χ3n) is 6.03. The summed E-state index contributed by atoms with van der Waals surface area (Å²) in [6, 6.07) is 14.1. The Morgan fingerprint density at radius 1 is 1.00 bits per heavy atom. The van der Waals surface area contributed by atoms with Gasteiger partial charge < -0.3 is 4.57 Å². The third-order valence-corrected chi connectivity index (χ3v) is 6.03. The summed E-state index contributed by atoms with van der Waals surface area (Å²) in [6.45, 7) is 0.402. The zero-order valence-corrected chi connectivity index (χ0v) is 15.9. The van der Waals surface area contributed by atoms with E-state index in [2.05, 4.69) is 34.3 Å². The van der Waals surface area contributed by atoms with Crippen LogP contribution < -0.4 is 10.2 Å². The number of nitrogens with one attached hydrogen (secondary N) is 1. The van der Waals surface area contributed by atoms with Crippen LogP contribution >= 0.6 is 0 Å². The molecule has 1 aromatic heterocycles. The molecule has 1 aliphatic carbocycles. The lowest BCUT2D eigenvalue weighted by atomic mass is 9.87. The number of nitrogens with zero attached hydrogens (tertiary/aromatic N) is 2. The van der Waals surface area contributed by atoms with Crippen molar-refractivity contribution < 1.29 is 14.4 Å². The maximum atomic E-state index is 12.1. The average molecular weight is 387 g/mol. The van der Waals surface area contributed by atoms with Gasteiger partial charge in [0.25, 0.3) is 0 Å². The molecule has 1 saturated heterocycles. The van der Waals surface area contributed by atoms with Gasteiger partial charge in [0, 0.05) is 47.4 Å². The van der Waals surface area contributed by atoms with Crippen molar-refractivity contribution in [3.63, 3.8) is 0 Å². The van der Waals surface area contributed by atoms with Gasteiger partial charge in [-0.1, -0.05) is 12.1 Å². The van der Waals surface area contributed by atoms with E-state index < -0.39 is 0 Å².